The Kier molecular flexibility index (Phi) is 3.91. The van der Waals surface area contributed by atoms with E-state index in [1.54, 1.807) is 13.0 Å². The molecule has 104 valence electrons. The number of nitrogens with one attached hydrogen (secondary N) is 1. The predicted octanol–water partition coefficient (Wildman–Crippen LogP) is 0.615. The van der Waals surface area contributed by atoms with Crippen LogP contribution in [0.2, 0.25) is 0 Å². The second-order valence-corrected chi connectivity index (χ2v) is 6.04. The Labute approximate surface area is 121 Å². The average Bonchev–Trinajstić information content (AvgIpc) is 2.38. The molecule has 0 saturated heterocycles. The van der Waals surface area contributed by atoms with E-state index in [-0.39, 0.29) is 15.8 Å². The second kappa shape index (κ2) is 5.47. The maximum Gasteiger partial charge on any atom is 0.264 e. The van der Waals surface area contributed by atoms with Crippen LogP contribution in [0.1, 0.15) is 11.1 Å². The fourth-order valence-corrected chi connectivity index (χ4v) is 2.81. The van der Waals surface area contributed by atoms with Crippen molar-refractivity contribution in [3.63, 3.8) is 0 Å². The van der Waals surface area contributed by atoms with E-state index >= 15 is 0 Å². The normalized spacial score (nSPS) is 11.1. The smallest absolute Gasteiger partial charge is 0.264 e. The first-order chi connectivity index (χ1) is 9.40. The molecule has 2 rings (SSSR count). The Balaban J connectivity index is 2.35. The van der Waals surface area contributed by atoms with Gasteiger partial charge in [0, 0.05) is 5.56 Å². The molecule has 20 heavy (non-hydrogen) atoms. The summed E-state index contributed by atoms with van der Waals surface area (Å²) in [5.41, 5.74) is 6.84. The van der Waals surface area contributed by atoms with Crippen LogP contribution in [0.4, 0.5) is 5.95 Å². The highest BCUT2D eigenvalue weighted by Crippen LogP contribution is 2.17. The number of hydrogen-bond donors (Lipinski definition) is 2. The van der Waals surface area contributed by atoms with Gasteiger partial charge < -0.3 is 5.73 Å². The van der Waals surface area contributed by atoms with Gasteiger partial charge in [0.15, 0.2) is 0 Å². The summed E-state index contributed by atoms with van der Waals surface area (Å²) >= 11 is 4.88. The summed E-state index contributed by atoms with van der Waals surface area (Å²) in [6.45, 7) is 1.73. The Hall–Kier alpha value is -2.13. The summed E-state index contributed by atoms with van der Waals surface area (Å²) in [4.78, 5) is 4.04. The first-order valence-corrected chi connectivity index (χ1v) is 7.36. The number of benzene rings is 1. The monoisotopic (exact) mass is 309 g/mol. The Morgan fingerprint density at radius 3 is 2.65 bits per heavy atom. The number of sulfonamides is 1. The van der Waals surface area contributed by atoms with Gasteiger partial charge in [-0.2, -0.15) is 5.10 Å². The van der Waals surface area contributed by atoms with Gasteiger partial charge in [0.2, 0.25) is 0 Å². The number of nitrogens with two attached hydrogens (primary N) is 1. The molecule has 0 atom stereocenters. The minimum Gasteiger partial charge on any atom is -0.389 e. The number of hydrogen-bond acceptors (Lipinski definition) is 6. The number of aromatic nitrogens is 3. The number of rotatable bonds is 4. The van der Waals surface area contributed by atoms with Crippen LogP contribution in [0.3, 0.4) is 0 Å². The van der Waals surface area contributed by atoms with Gasteiger partial charge in [-0.05, 0) is 24.6 Å². The van der Waals surface area contributed by atoms with Gasteiger partial charge in [-0.15, -0.1) is 5.10 Å². The summed E-state index contributed by atoms with van der Waals surface area (Å²) in [6.07, 6.45) is 2.69. The van der Waals surface area contributed by atoms with E-state index in [1.165, 1.54) is 24.5 Å². The van der Waals surface area contributed by atoms with Crippen molar-refractivity contribution >= 4 is 33.2 Å². The molecule has 0 unspecified atom stereocenters. The number of aryl methyl sites for hydroxylation is 1. The molecule has 0 aliphatic heterocycles. The van der Waals surface area contributed by atoms with Crippen molar-refractivity contribution in [3.05, 3.63) is 41.7 Å². The van der Waals surface area contributed by atoms with Crippen molar-refractivity contribution in [1.29, 1.82) is 0 Å². The third kappa shape index (κ3) is 3.06. The quantitative estimate of drug-likeness (QED) is 0.796. The van der Waals surface area contributed by atoms with E-state index in [4.69, 9.17) is 18.0 Å². The lowest BCUT2D eigenvalue weighted by atomic mass is 10.1. The maximum absolute atomic E-state index is 12.2. The Morgan fingerprint density at radius 2 is 2.10 bits per heavy atom. The average molecular weight is 309 g/mol. The third-order valence-electron chi connectivity index (χ3n) is 2.48. The number of thiocarbonyl (C=S) groups is 1. The molecule has 9 heteroatoms. The van der Waals surface area contributed by atoms with Gasteiger partial charge in [0.25, 0.3) is 16.0 Å². The Bertz CT molecular complexity index is 747. The molecule has 7 nitrogen and oxygen atoms in total. The van der Waals surface area contributed by atoms with Crippen molar-refractivity contribution in [1.82, 2.24) is 15.2 Å². The predicted molar refractivity (Wildman–Crippen MR) is 77.7 cm³/mol. The molecule has 0 aliphatic carbocycles. The molecule has 1 aromatic heterocycles. The molecule has 2 aromatic rings. The highest BCUT2D eigenvalue weighted by molar-refractivity contribution is 7.92. The van der Waals surface area contributed by atoms with E-state index in [2.05, 4.69) is 19.9 Å². The molecular weight excluding hydrogens is 298 g/mol. The molecule has 0 spiro atoms. The van der Waals surface area contributed by atoms with Gasteiger partial charge in [-0.3, -0.25) is 0 Å². The van der Waals surface area contributed by atoms with Crippen molar-refractivity contribution in [2.45, 2.75) is 11.8 Å². The summed E-state index contributed by atoms with van der Waals surface area (Å²) < 4.78 is 26.5. The molecule has 0 saturated carbocycles. The van der Waals surface area contributed by atoms with Gasteiger partial charge >= 0.3 is 0 Å². The number of anilines is 1. The van der Waals surface area contributed by atoms with Crippen LogP contribution in [0.15, 0.2) is 35.5 Å². The topological polar surface area (TPSA) is 111 Å². The standard InChI is InChI=1S/C11H11N5O2S2/c1-7-6-8(2-3-9(7)10(12)19)20(17,18)16-11-13-4-5-14-15-11/h2-6H,1H3,(H2,12,19)(H,13,15,16). The molecule has 0 aliphatic rings. The highest BCUT2D eigenvalue weighted by Gasteiger charge is 2.17. The molecule has 0 amide bonds. The fourth-order valence-electron chi connectivity index (χ4n) is 1.55. The molecule has 1 heterocycles. The SMILES string of the molecule is Cc1cc(S(=O)(=O)Nc2nccnn2)ccc1C(N)=S. The van der Waals surface area contributed by atoms with Crippen LogP contribution >= 0.6 is 12.2 Å². The van der Waals surface area contributed by atoms with Crippen molar-refractivity contribution < 1.29 is 8.42 Å². The minimum atomic E-state index is -3.78. The first kappa shape index (κ1) is 14.3. The third-order valence-corrected chi connectivity index (χ3v) is 4.03. The summed E-state index contributed by atoms with van der Waals surface area (Å²) in [5, 5.41) is 7.11. The zero-order chi connectivity index (χ0) is 14.8. The van der Waals surface area contributed by atoms with E-state index in [0.717, 1.165) is 0 Å². The first-order valence-electron chi connectivity index (χ1n) is 5.47. The zero-order valence-corrected chi connectivity index (χ0v) is 12.1. The van der Waals surface area contributed by atoms with Crippen molar-refractivity contribution in [2.24, 2.45) is 5.73 Å². The lowest BCUT2D eigenvalue weighted by molar-refractivity contribution is 0.600. The van der Waals surface area contributed by atoms with Crippen molar-refractivity contribution in [3.8, 4) is 0 Å². The van der Waals surface area contributed by atoms with Gasteiger partial charge in [0.1, 0.15) is 4.99 Å². The summed E-state index contributed by atoms with van der Waals surface area (Å²) in [7, 11) is -3.78. The van der Waals surface area contributed by atoms with Crippen LogP contribution in [0, 0.1) is 6.92 Å². The summed E-state index contributed by atoms with van der Waals surface area (Å²) in [6, 6.07) is 4.46. The molecule has 0 bridgehead atoms. The Morgan fingerprint density at radius 1 is 1.35 bits per heavy atom. The van der Waals surface area contributed by atoms with E-state index in [0.29, 0.717) is 11.1 Å². The summed E-state index contributed by atoms with van der Waals surface area (Å²) in [5.74, 6) is -0.0939. The minimum absolute atomic E-state index is 0.0717. The molecule has 3 N–H and O–H groups in total. The van der Waals surface area contributed by atoms with Crippen LogP contribution in [-0.2, 0) is 10.0 Å². The largest absolute Gasteiger partial charge is 0.389 e. The van der Waals surface area contributed by atoms with E-state index in [9.17, 15) is 8.42 Å². The van der Waals surface area contributed by atoms with Gasteiger partial charge in [0.05, 0.1) is 17.3 Å². The van der Waals surface area contributed by atoms with Gasteiger partial charge in [-0.25, -0.2) is 18.1 Å². The van der Waals surface area contributed by atoms with E-state index in [1.807, 2.05) is 0 Å². The lowest BCUT2D eigenvalue weighted by Crippen LogP contribution is -2.17. The maximum atomic E-state index is 12.2. The van der Waals surface area contributed by atoms with Gasteiger partial charge in [-0.1, -0.05) is 18.3 Å². The number of nitrogens with zero attached hydrogens (tertiary/aromatic N) is 3. The fraction of sp³-hybridized carbons (Fsp3) is 0.0909. The van der Waals surface area contributed by atoms with E-state index < -0.39 is 10.0 Å². The molecule has 0 radical (unpaired) electrons. The molecule has 1 aromatic carbocycles. The molecular formula is C11H11N5O2S2. The van der Waals surface area contributed by atoms with Crippen LogP contribution in [-0.4, -0.2) is 28.6 Å². The second-order valence-electron chi connectivity index (χ2n) is 3.91. The van der Waals surface area contributed by atoms with Crippen LogP contribution in [0.5, 0.6) is 0 Å². The van der Waals surface area contributed by atoms with Crippen LogP contribution < -0.4 is 10.5 Å². The molecule has 0 fully saturated rings. The van der Waals surface area contributed by atoms with Crippen molar-refractivity contribution in [2.75, 3.05) is 4.72 Å². The van der Waals surface area contributed by atoms with Crippen LogP contribution in [0.25, 0.3) is 0 Å². The zero-order valence-electron chi connectivity index (χ0n) is 10.4. The lowest BCUT2D eigenvalue weighted by Gasteiger charge is -2.09. The highest BCUT2D eigenvalue weighted by atomic mass is 32.2.